The third-order valence-electron chi connectivity index (χ3n) is 2.74. The lowest BCUT2D eigenvalue weighted by atomic mass is 9.88. The second-order valence-corrected chi connectivity index (χ2v) is 4.73. The van der Waals surface area contributed by atoms with Gasteiger partial charge in [-0.1, -0.05) is 17.7 Å². The minimum Gasteiger partial charge on any atom is -0.396 e. The van der Waals surface area contributed by atoms with Crippen molar-refractivity contribution in [3.05, 3.63) is 23.3 Å². The van der Waals surface area contributed by atoms with Crippen LogP contribution in [0, 0.1) is 0 Å². The number of hydrogen-bond acceptors (Lipinski definition) is 3. The molecule has 2 N–H and O–H groups in total. The standard InChI is InChI=1S/C13H20O3/c1-13(2,16)12(15)11-7-5-10(6-8-11)4-3-9-14/h5,7,14,16H,3-4,6,8-9H2,1-2H3. The summed E-state index contributed by atoms with van der Waals surface area (Å²) in [6.45, 7) is 3.23. The van der Waals surface area contributed by atoms with Crippen molar-refractivity contribution >= 4 is 5.78 Å². The molecule has 3 heteroatoms. The fraction of sp³-hybridized carbons (Fsp3) is 0.615. The Hall–Kier alpha value is -0.930. The molecule has 0 aromatic rings. The average molecular weight is 224 g/mol. The third kappa shape index (κ3) is 3.58. The third-order valence-corrected chi connectivity index (χ3v) is 2.74. The lowest BCUT2D eigenvalue weighted by Crippen LogP contribution is -2.32. The molecular weight excluding hydrogens is 204 g/mol. The molecule has 0 saturated heterocycles. The molecule has 0 unspecified atom stereocenters. The molecule has 1 rings (SSSR count). The Kier molecular flexibility index (Phi) is 4.44. The van der Waals surface area contributed by atoms with Gasteiger partial charge in [0.2, 0.25) is 0 Å². The molecule has 3 nitrogen and oxygen atoms in total. The van der Waals surface area contributed by atoms with Crippen LogP contribution in [-0.4, -0.2) is 28.2 Å². The molecule has 16 heavy (non-hydrogen) atoms. The van der Waals surface area contributed by atoms with Crippen molar-refractivity contribution in [1.82, 2.24) is 0 Å². The molecule has 0 heterocycles. The first-order valence-electron chi connectivity index (χ1n) is 5.72. The van der Waals surface area contributed by atoms with Crippen LogP contribution in [0.2, 0.25) is 0 Å². The van der Waals surface area contributed by atoms with Crippen molar-refractivity contribution in [3.63, 3.8) is 0 Å². The minimum atomic E-state index is -1.28. The lowest BCUT2D eigenvalue weighted by molar-refractivity contribution is -0.130. The van der Waals surface area contributed by atoms with Crippen molar-refractivity contribution in [2.75, 3.05) is 6.61 Å². The van der Waals surface area contributed by atoms with Gasteiger partial charge in [-0.25, -0.2) is 0 Å². The summed E-state index contributed by atoms with van der Waals surface area (Å²) in [4.78, 5) is 11.8. The number of ketones is 1. The SMILES string of the molecule is CC(C)(O)C(=O)C1=CC=C(CCCO)CC1. The number of aliphatic hydroxyl groups is 2. The van der Waals surface area contributed by atoms with E-state index in [1.54, 1.807) is 6.08 Å². The van der Waals surface area contributed by atoms with Crippen LogP contribution in [0.25, 0.3) is 0 Å². The number of carbonyl (C=O) groups excluding carboxylic acids is 1. The zero-order chi connectivity index (χ0) is 12.2. The van der Waals surface area contributed by atoms with Crippen molar-refractivity contribution in [2.24, 2.45) is 0 Å². The summed E-state index contributed by atoms with van der Waals surface area (Å²) in [5, 5.41) is 18.3. The zero-order valence-electron chi connectivity index (χ0n) is 9.99. The van der Waals surface area contributed by atoms with Crippen LogP contribution in [0.15, 0.2) is 23.3 Å². The highest BCUT2D eigenvalue weighted by molar-refractivity contribution is 6.01. The molecule has 0 bridgehead atoms. The van der Waals surface area contributed by atoms with E-state index in [0.717, 1.165) is 19.3 Å². The number of Topliss-reactive ketones (excluding diaryl/α,β-unsaturated/α-hetero) is 1. The van der Waals surface area contributed by atoms with Crippen molar-refractivity contribution < 1.29 is 15.0 Å². The molecule has 90 valence electrons. The van der Waals surface area contributed by atoms with Gasteiger partial charge in [0.15, 0.2) is 5.78 Å². The number of carbonyl (C=O) groups is 1. The Morgan fingerprint density at radius 1 is 1.38 bits per heavy atom. The molecule has 1 aliphatic carbocycles. The van der Waals surface area contributed by atoms with Crippen LogP contribution in [0.4, 0.5) is 0 Å². The van der Waals surface area contributed by atoms with Gasteiger partial charge in [-0.05, 0) is 45.1 Å². The van der Waals surface area contributed by atoms with Gasteiger partial charge < -0.3 is 10.2 Å². The molecular formula is C13H20O3. The molecule has 0 fully saturated rings. The topological polar surface area (TPSA) is 57.5 Å². The predicted octanol–water partition coefficient (Wildman–Crippen LogP) is 1.75. The second-order valence-electron chi connectivity index (χ2n) is 4.73. The molecule has 0 radical (unpaired) electrons. The maximum atomic E-state index is 11.8. The van der Waals surface area contributed by atoms with Crippen molar-refractivity contribution in [2.45, 2.75) is 45.1 Å². The first-order valence-corrected chi connectivity index (χ1v) is 5.72. The van der Waals surface area contributed by atoms with Gasteiger partial charge in [-0.15, -0.1) is 0 Å². The van der Waals surface area contributed by atoms with Gasteiger partial charge in [-0.2, -0.15) is 0 Å². The predicted molar refractivity (Wildman–Crippen MR) is 63.0 cm³/mol. The molecule has 0 aromatic heterocycles. The van der Waals surface area contributed by atoms with E-state index in [0.29, 0.717) is 12.0 Å². The van der Waals surface area contributed by atoms with Gasteiger partial charge in [-0.3, -0.25) is 4.79 Å². The van der Waals surface area contributed by atoms with E-state index in [-0.39, 0.29) is 12.4 Å². The smallest absolute Gasteiger partial charge is 0.189 e. The van der Waals surface area contributed by atoms with Crippen molar-refractivity contribution in [3.8, 4) is 0 Å². The van der Waals surface area contributed by atoms with Gasteiger partial charge >= 0.3 is 0 Å². The number of aliphatic hydroxyl groups excluding tert-OH is 1. The molecule has 0 amide bonds. The largest absolute Gasteiger partial charge is 0.396 e. The van der Waals surface area contributed by atoms with Crippen LogP contribution >= 0.6 is 0 Å². The summed E-state index contributed by atoms with van der Waals surface area (Å²) in [5.74, 6) is -0.190. The van der Waals surface area contributed by atoms with Crippen LogP contribution in [0.1, 0.15) is 39.5 Å². The maximum Gasteiger partial charge on any atom is 0.189 e. The van der Waals surface area contributed by atoms with Crippen LogP contribution in [-0.2, 0) is 4.79 Å². The number of allylic oxidation sites excluding steroid dienone is 3. The summed E-state index contributed by atoms with van der Waals surface area (Å²) in [6.07, 6.45) is 6.95. The first kappa shape index (κ1) is 13.1. The molecule has 1 aliphatic rings. The van der Waals surface area contributed by atoms with Gasteiger partial charge in [0.25, 0.3) is 0 Å². The highest BCUT2D eigenvalue weighted by atomic mass is 16.3. The lowest BCUT2D eigenvalue weighted by Gasteiger charge is -2.20. The Labute approximate surface area is 96.5 Å². The maximum absolute atomic E-state index is 11.8. The van der Waals surface area contributed by atoms with E-state index in [1.807, 2.05) is 6.08 Å². The van der Waals surface area contributed by atoms with E-state index < -0.39 is 5.60 Å². The normalized spacial score (nSPS) is 16.8. The number of hydrogen-bond donors (Lipinski definition) is 2. The Morgan fingerprint density at radius 2 is 2.06 bits per heavy atom. The fourth-order valence-corrected chi connectivity index (χ4v) is 1.78. The van der Waals surface area contributed by atoms with Crippen molar-refractivity contribution in [1.29, 1.82) is 0 Å². The van der Waals surface area contributed by atoms with Gasteiger partial charge in [0.1, 0.15) is 5.60 Å². The Morgan fingerprint density at radius 3 is 2.50 bits per heavy atom. The van der Waals surface area contributed by atoms with E-state index in [9.17, 15) is 9.90 Å². The average Bonchev–Trinajstić information content (AvgIpc) is 2.25. The van der Waals surface area contributed by atoms with Gasteiger partial charge in [0.05, 0.1) is 0 Å². The van der Waals surface area contributed by atoms with Crippen LogP contribution in [0.5, 0.6) is 0 Å². The summed E-state index contributed by atoms with van der Waals surface area (Å²) in [5.41, 5.74) is 0.684. The quantitative estimate of drug-likeness (QED) is 0.748. The summed E-state index contributed by atoms with van der Waals surface area (Å²) >= 11 is 0. The minimum absolute atomic E-state index is 0.190. The monoisotopic (exact) mass is 224 g/mol. The van der Waals surface area contributed by atoms with E-state index >= 15 is 0 Å². The molecule has 0 spiro atoms. The molecule has 0 aromatic carbocycles. The van der Waals surface area contributed by atoms with Crippen LogP contribution in [0.3, 0.4) is 0 Å². The summed E-state index contributed by atoms with van der Waals surface area (Å²) < 4.78 is 0. The highest BCUT2D eigenvalue weighted by Crippen LogP contribution is 2.25. The van der Waals surface area contributed by atoms with E-state index in [4.69, 9.17) is 5.11 Å². The fourth-order valence-electron chi connectivity index (χ4n) is 1.78. The highest BCUT2D eigenvalue weighted by Gasteiger charge is 2.27. The Balaban J connectivity index is 2.64. The van der Waals surface area contributed by atoms with Gasteiger partial charge in [0, 0.05) is 6.61 Å². The van der Waals surface area contributed by atoms with E-state index in [1.165, 1.54) is 19.4 Å². The summed E-state index contributed by atoms with van der Waals surface area (Å²) in [6, 6.07) is 0. The summed E-state index contributed by atoms with van der Waals surface area (Å²) in [7, 11) is 0. The molecule has 0 aliphatic heterocycles. The number of rotatable bonds is 5. The molecule has 0 atom stereocenters. The van der Waals surface area contributed by atoms with Crippen LogP contribution < -0.4 is 0 Å². The first-order chi connectivity index (χ1) is 7.45. The zero-order valence-corrected chi connectivity index (χ0v) is 9.99. The molecule has 0 saturated carbocycles. The van der Waals surface area contributed by atoms with E-state index in [2.05, 4.69) is 0 Å². The second kappa shape index (κ2) is 5.41. The Bertz CT molecular complexity index is 319.